The van der Waals surface area contributed by atoms with Gasteiger partial charge >= 0.3 is 0 Å². The average Bonchev–Trinajstić information content (AvgIpc) is 2.82. The molecule has 0 fully saturated rings. The maximum atomic E-state index is 13.1. The molecule has 0 heterocycles. The predicted molar refractivity (Wildman–Crippen MR) is 132 cm³/mol. The van der Waals surface area contributed by atoms with Crippen LogP contribution >= 0.6 is 0 Å². The molecule has 1 aliphatic carbocycles. The van der Waals surface area contributed by atoms with Gasteiger partial charge in [-0.3, -0.25) is 9.52 Å². The van der Waals surface area contributed by atoms with Crippen molar-refractivity contribution in [2.45, 2.75) is 56.9 Å². The number of amides is 1. The normalized spacial score (nSPS) is 14.2. The fraction of sp³-hybridized carbons (Fsp3) is 0.296. The molecule has 3 aromatic rings. The molecule has 5 nitrogen and oxygen atoms in total. The van der Waals surface area contributed by atoms with Gasteiger partial charge in [0.2, 0.25) is 0 Å². The van der Waals surface area contributed by atoms with Crippen molar-refractivity contribution in [2.24, 2.45) is 0 Å². The molecule has 0 aliphatic heterocycles. The van der Waals surface area contributed by atoms with Crippen LogP contribution in [0.4, 0.5) is 5.69 Å². The van der Waals surface area contributed by atoms with Gasteiger partial charge in [0.1, 0.15) is 0 Å². The van der Waals surface area contributed by atoms with E-state index >= 15 is 0 Å². The third kappa shape index (κ3) is 5.28. The van der Waals surface area contributed by atoms with Gasteiger partial charge in [-0.05, 0) is 85.5 Å². The lowest BCUT2D eigenvalue weighted by atomic mass is 9.88. The van der Waals surface area contributed by atoms with E-state index in [1.165, 1.54) is 30.0 Å². The molecule has 3 aromatic carbocycles. The van der Waals surface area contributed by atoms with Crippen LogP contribution in [0.15, 0.2) is 71.6 Å². The summed E-state index contributed by atoms with van der Waals surface area (Å²) in [6.45, 7) is 3.77. The topological polar surface area (TPSA) is 75.3 Å². The van der Waals surface area contributed by atoms with Crippen LogP contribution in [-0.4, -0.2) is 14.3 Å². The minimum absolute atomic E-state index is 0.0980. The Morgan fingerprint density at radius 3 is 2.39 bits per heavy atom. The zero-order chi connectivity index (χ0) is 23.4. The summed E-state index contributed by atoms with van der Waals surface area (Å²) in [5.41, 5.74) is 5.26. The first-order chi connectivity index (χ1) is 15.9. The predicted octanol–water partition coefficient (Wildman–Crippen LogP) is 5.56. The molecular weight excluding hydrogens is 432 g/mol. The molecule has 1 atom stereocenters. The van der Waals surface area contributed by atoms with Crippen molar-refractivity contribution in [2.75, 3.05) is 4.72 Å². The molecule has 4 rings (SSSR count). The fourth-order valence-electron chi connectivity index (χ4n) is 4.38. The van der Waals surface area contributed by atoms with Crippen LogP contribution in [-0.2, 0) is 22.9 Å². The highest BCUT2D eigenvalue weighted by atomic mass is 32.2. The summed E-state index contributed by atoms with van der Waals surface area (Å²) in [5.74, 6) is -0.282. The Hall–Kier alpha value is -3.12. The maximum absolute atomic E-state index is 13.1. The number of anilines is 1. The van der Waals surface area contributed by atoms with Crippen LogP contribution in [0, 0.1) is 6.92 Å². The number of carbonyl (C=O) groups is 1. The number of aryl methyl sites for hydroxylation is 3. The molecule has 0 saturated heterocycles. The van der Waals surface area contributed by atoms with Gasteiger partial charge in [-0.15, -0.1) is 0 Å². The standard InChI is InChI=1S/C27H30N2O3S/c1-3-25(22-16-15-20-9-7-8-10-21(20)17-22)28-27(30)23-14-13-19(2)26(18-23)33(31,32)29-24-11-5-4-6-12-24/h4-6,11-18,25,29H,3,7-10H2,1-2H3,(H,28,30)/t25-/m0/s1. The molecular formula is C27H30N2O3S. The Morgan fingerprint density at radius 2 is 1.67 bits per heavy atom. The molecule has 1 aliphatic rings. The van der Waals surface area contributed by atoms with Gasteiger partial charge in [0.05, 0.1) is 10.9 Å². The summed E-state index contributed by atoms with van der Waals surface area (Å²) in [5, 5.41) is 3.10. The summed E-state index contributed by atoms with van der Waals surface area (Å²) in [7, 11) is -3.83. The molecule has 1 amide bonds. The molecule has 0 aromatic heterocycles. The third-order valence-corrected chi connectivity index (χ3v) is 7.78. The van der Waals surface area contributed by atoms with Crippen molar-refractivity contribution in [1.29, 1.82) is 0 Å². The van der Waals surface area contributed by atoms with E-state index in [2.05, 4.69) is 28.2 Å². The highest BCUT2D eigenvalue weighted by molar-refractivity contribution is 7.92. The van der Waals surface area contributed by atoms with Gasteiger partial charge in [-0.25, -0.2) is 8.42 Å². The Kier molecular flexibility index (Phi) is 6.84. The number of para-hydroxylation sites is 1. The molecule has 0 unspecified atom stereocenters. The molecule has 0 bridgehead atoms. The average molecular weight is 463 g/mol. The molecule has 6 heteroatoms. The second kappa shape index (κ2) is 9.79. The molecule has 0 saturated carbocycles. The van der Waals surface area contributed by atoms with Crippen LogP contribution in [0.2, 0.25) is 0 Å². The highest BCUT2D eigenvalue weighted by Crippen LogP contribution is 2.27. The van der Waals surface area contributed by atoms with Crippen LogP contribution in [0.25, 0.3) is 0 Å². The van der Waals surface area contributed by atoms with E-state index in [9.17, 15) is 13.2 Å². The number of nitrogens with one attached hydrogen (secondary N) is 2. The van der Waals surface area contributed by atoms with Crippen molar-refractivity contribution < 1.29 is 13.2 Å². The van der Waals surface area contributed by atoms with E-state index in [4.69, 9.17) is 0 Å². The first-order valence-electron chi connectivity index (χ1n) is 11.5. The van der Waals surface area contributed by atoms with E-state index in [1.807, 2.05) is 13.0 Å². The van der Waals surface area contributed by atoms with Crippen molar-refractivity contribution in [1.82, 2.24) is 5.32 Å². The van der Waals surface area contributed by atoms with Crippen molar-refractivity contribution >= 4 is 21.6 Å². The highest BCUT2D eigenvalue weighted by Gasteiger charge is 2.21. The number of hydrogen-bond donors (Lipinski definition) is 2. The summed E-state index contributed by atoms with van der Waals surface area (Å²) >= 11 is 0. The smallest absolute Gasteiger partial charge is 0.262 e. The Bertz CT molecular complexity index is 1250. The number of rotatable bonds is 7. The lowest BCUT2D eigenvalue weighted by Gasteiger charge is -2.22. The summed E-state index contributed by atoms with van der Waals surface area (Å²) in [6.07, 6.45) is 5.39. The first-order valence-corrected chi connectivity index (χ1v) is 13.0. The van der Waals surface area contributed by atoms with Crippen LogP contribution < -0.4 is 10.0 Å². The lowest BCUT2D eigenvalue weighted by Crippen LogP contribution is -2.28. The largest absolute Gasteiger partial charge is 0.345 e. The number of fused-ring (bicyclic) bond motifs is 1. The molecule has 0 spiro atoms. The van der Waals surface area contributed by atoms with Crippen molar-refractivity contribution in [3.05, 3.63) is 94.5 Å². The Labute approximate surface area is 196 Å². The summed E-state index contributed by atoms with van der Waals surface area (Å²) in [4.78, 5) is 13.2. The van der Waals surface area contributed by atoms with E-state index in [-0.39, 0.29) is 16.8 Å². The van der Waals surface area contributed by atoms with E-state index < -0.39 is 10.0 Å². The number of benzene rings is 3. The third-order valence-electron chi connectivity index (χ3n) is 6.25. The monoisotopic (exact) mass is 462 g/mol. The number of sulfonamides is 1. The van der Waals surface area contributed by atoms with E-state index in [0.717, 1.165) is 24.8 Å². The zero-order valence-electron chi connectivity index (χ0n) is 19.1. The van der Waals surface area contributed by atoms with Gasteiger partial charge in [-0.2, -0.15) is 0 Å². The Balaban J connectivity index is 1.56. The van der Waals surface area contributed by atoms with E-state index in [1.54, 1.807) is 43.3 Å². The van der Waals surface area contributed by atoms with Gasteiger partial charge in [0.25, 0.3) is 15.9 Å². The van der Waals surface area contributed by atoms with Crippen LogP contribution in [0.5, 0.6) is 0 Å². The minimum Gasteiger partial charge on any atom is -0.345 e. The quantitative estimate of drug-likeness (QED) is 0.483. The lowest BCUT2D eigenvalue weighted by molar-refractivity contribution is 0.0935. The van der Waals surface area contributed by atoms with Gasteiger partial charge in [-0.1, -0.05) is 49.4 Å². The summed E-state index contributed by atoms with van der Waals surface area (Å²) < 4.78 is 28.6. The molecule has 172 valence electrons. The second-order valence-corrected chi connectivity index (χ2v) is 10.3. The SMILES string of the molecule is CC[C@H](NC(=O)c1ccc(C)c(S(=O)(=O)Nc2ccccc2)c1)c1ccc2c(c1)CCCC2. The minimum atomic E-state index is -3.83. The molecule has 0 radical (unpaired) electrons. The van der Waals surface area contributed by atoms with Crippen LogP contribution in [0.3, 0.4) is 0 Å². The van der Waals surface area contributed by atoms with Gasteiger partial charge in [0, 0.05) is 11.3 Å². The molecule has 2 N–H and O–H groups in total. The fourth-order valence-corrected chi connectivity index (χ4v) is 5.71. The second-order valence-electron chi connectivity index (χ2n) is 8.62. The van der Waals surface area contributed by atoms with Gasteiger partial charge in [0.15, 0.2) is 0 Å². The van der Waals surface area contributed by atoms with Crippen LogP contribution in [0.1, 0.15) is 64.8 Å². The first kappa shape index (κ1) is 23.1. The zero-order valence-corrected chi connectivity index (χ0v) is 19.9. The number of hydrogen-bond acceptors (Lipinski definition) is 3. The molecule has 33 heavy (non-hydrogen) atoms. The van der Waals surface area contributed by atoms with Crippen molar-refractivity contribution in [3.8, 4) is 0 Å². The maximum Gasteiger partial charge on any atom is 0.262 e. The number of carbonyl (C=O) groups excluding carboxylic acids is 1. The summed E-state index contributed by atoms with van der Waals surface area (Å²) in [6, 6.07) is 19.9. The van der Waals surface area contributed by atoms with Crippen molar-refractivity contribution in [3.63, 3.8) is 0 Å². The van der Waals surface area contributed by atoms with Gasteiger partial charge < -0.3 is 5.32 Å². The van der Waals surface area contributed by atoms with E-state index in [0.29, 0.717) is 16.8 Å². The Morgan fingerprint density at radius 1 is 0.939 bits per heavy atom.